The van der Waals surface area contributed by atoms with Gasteiger partial charge in [0.15, 0.2) is 34.7 Å². The van der Waals surface area contributed by atoms with E-state index in [9.17, 15) is 18.3 Å². The molecule has 70 heavy (non-hydrogen) atoms. The van der Waals surface area contributed by atoms with Crippen LogP contribution in [0.2, 0.25) is 5.28 Å². The van der Waals surface area contributed by atoms with Crippen molar-refractivity contribution in [2.45, 2.75) is 20.8 Å². The maximum atomic E-state index is 13.9. The molecule has 6 N–H and O–H groups in total. The highest BCUT2D eigenvalue weighted by Crippen LogP contribution is 2.30. The second-order valence-electron chi connectivity index (χ2n) is 14.8. The van der Waals surface area contributed by atoms with Crippen LogP contribution in [0.1, 0.15) is 16.7 Å². The van der Waals surface area contributed by atoms with Gasteiger partial charge in [-0.3, -0.25) is 14.0 Å². The van der Waals surface area contributed by atoms with Crippen LogP contribution in [0, 0.1) is 38.2 Å². The van der Waals surface area contributed by atoms with E-state index in [1.165, 1.54) is 37.4 Å². The first-order valence-electron chi connectivity index (χ1n) is 20.6. The molecule has 0 bridgehead atoms. The van der Waals surface area contributed by atoms with Crippen LogP contribution in [-0.4, -0.2) is 81.5 Å². The van der Waals surface area contributed by atoms with Crippen molar-refractivity contribution < 1.29 is 28.1 Å². The molecule has 0 aliphatic carbocycles. The van der Waals surface area contributed by atoms with E-state index in [0.717, 1.165) is 28.1 Å². The van der Waals surface area contributed by atoms with Crippen molar-refractivity contribution in [3.63, 3.8) is 0 Å². The van der Waals surface area contributed by atoms with Crippen molar-refractivity contribution in [1.82, 2.24) is 59.2 Å². The minimum Gasteiger partial charge on any atom is -0.505 e. The number of phenolic OH excluding ortho intramolecular Hbond substituents is 2. The molecule has 0 unspecified atom stereocenters. The molecule has 6 heterocycles. The predicted molar refractivity (Wildman–Crippen MR) is 272 cm³/mol. The van der Waals surface area contributed by atoms with Gasteiger partial charge in [0.25, 0.3) is 0 Å². The molecule has 0 amide bonds. The Morgan fingerprint density at radius 3 is 1.33 bits per heavy atom. The Morgan fingerprint density at radius 2 is 0.971 bits per heavy atom. The lowest BCUT2D eigenvalue weighted by atomic mass is 10.1. The summed E-state index contributed by atoms with van der Waals surface area (Å²) >= 11 is 7.82. The number of benzene rings is 3. The number of nitrogen functional groups attached to an aromatic ring is 1. The molecular formula is C47H48ClF3IN15O3. The summed E-state index contributed by atoms with van der Waals surface area (Å²) in [6.07, 6.45) is 15.2. The molecule has 0 aliphatic rings. The van der Waals surface area contributed by atoms with Gasteiger partial charge >= 0.3 is 0 Å². The molecule has 0 spiro atoms. The first-order chi connectivity index (χ1) is 33.5. The lowest BCUT2D eigenvalue weighted by Gasteiger charge is -2.09. The SMILES string of the molecule is CI.COc1ccc(-c2nc(Nc3cnn(C)c3)ncc2C)cc1F.Cc1cnc(Cl)nc1-c1ccc(O)c(F)c1.Cc1cnc(Nc2cnn(C)c2)nc1-c1ccc(O)c(F)c1.Cn1cc(N)cn1. The summed E-state index contributed by atoms with van der Waals surface area (Å²) < 4.78 is 50.6. The fraction of sp³-hybridized carbons (Fsp3) is 0.170. The third kappa shape index (κ3) is 14.8. The van der Waals surface area contributed by atoms with Gasteiger partial charge in [-0.2, -0.15) is 15.3 Å². The number of nitrogens with two attached hydrogens (primary N) is 1. The molecule has 0 fully saturated rings. The van der Waals surface area contributed by atoms with Crippen LogP contribution in [0.25, 0.3) is 33.8 Å². The number of alkyl halides is 1. The molecule has 3 aromatic carbocycles. The Bertz CT molecular complexity index is 3150. The van der Waals surface area contributed by atoms with Gasteiger partial charge < -0.3 is 31.3 Å². The minimum atomic E-state index is -0.688. The van der Waals surface area contributed by atoms with Gasteiger partial charge in [0.05, 0.1) is 59.8 Å². The van der Waals surface area contributed by atoms with Crippen molar-refractivity contribution >= 4 is 63.2 Å². The number of aryl methyl sites for hydroxylation is 6. The third-order valence-electron chi connectivity index (χ3n) is 9.40. The fourth-order valence-corrected chi connectivity index (χ4v) is 6.23. The molecule has 9 aromatic rings. The zero-order chi connectivity index (χ0) is 51.1. The average Bonchev–Trinajstić information content (AvgIpc) is 4.08. The molecule has 0 saturated carbocycles. The number of phenols is 2. The molecule has 364 valence electrons. The number of nitrogens with one attached hydrogen (secondary N) is 2. The number of methoxy groups -OCH3 is 1. The second kappa shape index (κ2) is 25.0. The van der Waals surface area contributed by atoms with Gasteiger partial charge in [0, 0.05) is 75.0 Å². The van der Waals surface area contributed by atoms with Crippen molar-refractivity contribution in [3.8, 4) is 51.0 Å². The summed E-state index contributed by atoms with van der Waals surface area (Å²) in [5.41, 5.74) is 13.6. The summed E-state index contributed by atoms with van der Waals surface area (Å²) in [6, 6.07) is 13.0. The van der Waals surface area contributed by atoms with Gasteiger partial charge in [0.2, 0.25) is 17.2 Å². The number of ether oxygens (including phenoxy) is 1. The van der Waals surface area contributed by atoms with E-state index < -0.39 is 17.5 Å². The highest BCUT2D eigenvalue weighted by atomic mass is 127. The molecular weight excluding hydrogens is 1040 g/mol. The Morgan fingerprint density at radius 1 is 0.571 bits per heavy atom. The summed E-state index contributed by atoms with van der Waals surface area (Å²) in [6.45, 7) is 5.52. The highest BCUT2D eigenvalue weighted by Gasteiger charge is 2.13. The van der Waals surface area contributed by atoms with Crippen LogP contribution in [0.4, 0.5) is 42.1 Å². The number of aromatic nitrogens is 12. The standard InChI is InChI=1S/C16H16FN5O.C15H14FN5O.C11H8ClFN2O.C4H7N3.CH3I/c1-10-7-18-16(20-12-8-19-22(2)9-12)21-15(10)11-4-5-14(23-3)13(17)6-11;1-9-6-17-15(19-11-7-18-21(2)8-11)20-14(9)10-3-4-13(22)12(16)5-10;1-6-5-14-11(12)15-10(6)7-2-3-9(16)8(13)4-7;1-7-3-4(5)2-6-7;1-2/h4-9H,1-3H3,(H,18,20,21);3-8,22H,1-2H3,(H,17,19,20);2-5,16H,1H3;2-3H,5H2,1H3;1H3. The van der Waals surface area contributed by atoms with Crippen LogP contribution >= 0.6 is 34.2 Å². The molecule has 0 radical (unpaired) electrons. The van der Waals surface area contributed by atoms with Crippen LogP contribution in [-0.2, 0) is 21.1 Å². The highest BCUT2D eigenvalue weighted by molar-refractivity contribution is 14.1. The zero-order valence-corrected chi connectivity index (χ0v) is 41.9. The van der Waals surface area contributed by atoms with Crippen molar-refractivity contribution in [2.24, 2.45) is 21.1 Å². The maximum Gasteiger partial charge on any atom is 0.227 e. The Hall–Kier alpha value is -7.86. The van der Waals surface area contributed by atoms with E-state index in [2.05, 4.69) is 78.4 Å². The molecule has 0 aliphatic heterocycles. The van der Waals surface area contributed by atoms with Crippen molar-refractivity contribution in [2.75, 3.05) is 28.4 Å². The number of nitrogens with zero attached hydrogens (tertiary/aromatic N) is 12. The zero-order valence-electron chi connectivity index (χ0n) is 39.0. The summed E-state index contributed by atoms with van der Waals surface area (Å²) in [4.78, 5) is 27.1. The molecule has 9 rings (SSSR count). The molecule has 6 aromatic heterocycles. The number of aromatic hydroxyl groups is 2. The van der Waals surface area contributed by atoms with Gasteiger partial charge in [-0.05, 0) is 109 Å². The van der Waals surface area contributed by atoms with E-state index in [-0.39, 0.29) is 22.5 Å². The van der Waals surface area contributed by atoms with Crippen LogP contribution in [0.15, 0.2) is 110 Å². The largest absolute Gasteiger partial charge is 0.505 e. The van der Waals surface area contributed by atoms with E-state index >= 15 is 0 Å². The quantitative estimate of drug-likeness (QED) is 0.0542. The topological polar surface area (TPSA) is 231 Å². The smallest absolute Gasteiger partial charge is 0.227 e. The van der Waals surface area contributed by atoms with Crippen molar-refractivity contribution in [1.29, 1.82) is 0 Å². The van der Waals surface area contributed by atoms with Crippen LogP contribution in [0.3, 0.4) is 0 Å². The predicted octanol–water partition coefficient (Wildman–Crippen LogP) is 9.85. The van der Waals surface area contributed by atoms with Crippen LogP contribution < -0.4 is 21.1 Å². The number of anilines is 5. The number of halogens is 5. The summed E-state index contributed by atoms with van der Waals surface area (Å²) in [5, 5.41) is 36.5. The van der Waals surface area contributed by atoms with Gasteiger partial charge in [-0.15, -0.1) is 0 Å². The molecule has 0 atom stereocenters. The molecule has 0 saturated heterocycles. The first kappa shape index (κ1) is 53.1. The second-order valence-corrected chi connectivity index (χ2v) is 15.1. The lowest BCUT2D eigenvalue weighted by Crippen LogP contribution is -2.00. The lowest BCUT2D eigenvalue weighted by molar-refractivity contribution is 0.386. The third-order valence-corrected chi connectivity index (χ3v) is 9.58. The minimum absolute atomic E-state index is 0.106. The van der Waals surface area contributed by atoms with Gasteiger partial charge in [-0.25, -0.2) is 43.1 Å². The number of hydrogen-bond donors (Lipinski definition) is 5. The Labute approximate surface area is 419 Å². The van der Waals surface area contributed by atoms with E-state index in [0.29, 0.717) is 51.4 Å². The normalized spacial score (nSPS) is 10.2. The van der Waals surface area contributed by atoms with Gasteiger partial charge in [-0.1, -0.05) is 22.6 Å². The Kier molecular flexibility index (Phi) is 18.9. The average molecular weight is 1090 g/mol. The van der Waals surface area contributed by atoms with E-state index in [1.54, 1.807) is 94.8 Å². The number of hydrogen-bond acceptors (Lipinski definition) is 15. The van der Waals surface area contributed by atoms with Crippen molar-refractivity contribution in [3.05, 3.63) is 150 Å². The van der Waals surface area contributed by atoms with Crippen LogP contribution in [0.5, 0.6) is 17.2 Å². The van der Waals surface area contributed by atoms with E-state index in [1.807, 2.05) is 46.1 Å². The summed E-state index contributed by atoms with van der Waals surface area (Å²) in [5.74, 6) is -1.55. The summed E-state index contributed by atoms with van der Waals surface area (Å²) in [7, 11) is 6.90. The molecule has 23 heteroatoms. The number of rotatable bonds is 8. The maximum absolute atomic E-state index is 13.9. The van der Waals surface area contributed by atoms with E-state index in [4.69, 9.17) is 27.2 Å². The van der Waals surface area contributed by atoms with Gasteiger partial charge in [0.1, 0.15) is 0 Å². The molecule has 18 nitrogen and oxygen atoms in total. The Balaban J connectivity index is 0.000000182. The first-order valence-corrected chi connectivity index (χ1v) is 23.1. The monoisotopic (exact) mass is 1090 g/mol. The fourth-order valence-electron chi connectivity index (χ4n) is 6.09.